The molecular weight excluding hydrogens is 350 g/mol. The van der Waals surface area contributed by atoms with E-state index in [4.69, 9.17) is 9.47 Å². The second-order valence-corrected chi connectivity index (χ2v) is 7.81. The number of ether oxygens (including phenoxy) is 2. The van der Waals surface area contributed by atoms with Crippen LogP contribution in [0.4, 0.5) is 0 Å². The maximum atomic E-state index is 13.3. The van der Waals surface area contributed by atoms with E-state index >= 15 is 0 Å². The average Bonchev–Trinajstić information content (AvgIpc) is 3.14. The molecule has 0 aliphatic carbocycles. The van der Waals surface area contributed by atoms with Crippen molar-refractivity contribution in [1.29, 1.82) is 0 Å². The molecule has 0 radical (unpaired) electrons. The van der Waals surface area contributed by atoms with Crippen LogP contribution in [0.3, 0.4) is 0 Å². The molecule has 26 heavy (non-hydrogen) atoms. The number of para-hydroxylation sites is 1. The summed E-state index contributed by atoms with van der Waals surface area (Å²) < 4.78 is 12.0. The number of benzene rings is 1. The van der Waals surface area contributed by atoms with E-state index < -0.39 is 0 Å². The van der Waals surface area contributed by atoms with Crippen LogP contribution in [0.5, 0.6) is 0 Å². The van der Waals surface area contributed by atoms with Crippen molar-refractivity contribution in [2.45, 2.75) is 18.9 Å². The van der Waals surface area contributed by atoms with E-state index in [-0.39, 0.29) is 11.9 Å². The fourth-order valence-electron chi connectivity index (χ4n) is 3.61. The van der Waals surface area contributed by atoms with Gasteiger partial charge >= 0.3 is 0 Å². The lowest BCUT2D eigenvalue weighted by Gasteiger charge is -2.36. The highest BCUT2D eigenvalue weighted by Crippen LogP contribution is 2.25. The van der Waals surface area contributed by atoms with Gasteiger partial charge in [-0.05, 0) is 25.0 Å². The van der Waals surface area contributed by atoms with Crippen molar-refractivity contribution in [2.75, 3.05) is 52.6 Å². The lowest BCUT2D eigenvalue weighted by atomic mass is 10.1. The number of carbonyl (C=O) groups excluding carboxylic acids is 1. The summed E-state index contributed by atoms with van der Waals surface area (Å²) in [7, 11) is 0. The van der Waals surface area contributed by atoms with Crippen LogP contribution in [0, 0.1) is 0 Å². The van der Waals surface area contributed by atoms with E-state index in [0.717, 1.165) is 75.7 Å². The first-order chi connectivity index (χ1) is 12.8. The third-order valence-corrected chi connectivity index (χ3v) is 6.15. The van der Waals surface area contributed by atoms with Crippen molar-refractivity contribution in [3.05, 3.63) is 29.3 Å². The molecular formula is C19H25N3O3S. The SMILES string of the molecule is O=C(c1nc2ccccc2s1)N(CCN1CCOCC1)C1CCOCC1. The van der Waals surface area contributed by atoms with Gasteiger partial charge < -0.3 is 14.4 Å². The van der Waals surface area contributed by atoms with Gasteiger partial charge in [-0.3, -0.25) is 9.69 Å². The fourth-order valence-corrected chi connectivity index (χ4v) is 4.53. The van der Waals surface area contributed by atoms with Crippen molar-refractivity contribution in [1.82, 2.24) is 14.8 Å². The standard InChI is InChI=1S/C19H25N3O3S/c23-19(18-20-16-3-1-2-4-17(16)26-18)22(15-5-11-24-12-6-15)8-7-21-9-13-25-14-10-21/h1-4,15H,5-14H2. The quantitative estimate of drug-likeness (QED) is 0.802. The van der Waals surface area contributed by atoms with Crippen LogP contribution in [-0.2, 0) is 9.47 Å². The van der Waals surface area contributed by atoms with Crippen LogP contribution >= 0.6 is 11.3 Å². The van der Waals surface area contributed by atoms with Gasteiger partial charge in [-0.25, -0.2) is 4.98 Å². The number of morpholine rings is 1. The van der Waals surface area contributed by atoms with Gasteiger partial charge in [0.25, 0.3) is 5.91 Å². The number of nitrogens with zero attached hydrogens (tertiary/aromatic N) is 3. The summed E-state index contributed by atoms with van der Waals surface area (Å²) in [4.78, 5) is 22.3. The highest BCUT2D eigenvalue weighted by atomic mass is 32.1. The topological polar surface area (TPSA) is 54.9 Å². The predicted octanol–water partition coefficient (Wildman–Crippen LogP) is 2.25. The zero-order valence-electron chi connectivity index (χ0n) is 14.9. The summed E-state index contributed by atoms with van der Waals surface area (Å²) in [6.45, 7) is 6.52. The van der Waals surface area contributed by atoms with Gasteiger partial charge in [-0.2, -0.15) is 0 Å². The minimum Gasteiger partial charge on any atom is -0.381 e. The molecule has 2 aliphatic rings. The summed E-state index contributed by atoms with van der Waals surface area (Å²) in [6.07, 6.45) is 1.81. The van der Waals surface area contributed by atoms with Crippen molar-refractivity contribution in [3.8, 4) is 0 Å². The molecule has 1 aromatic carbocycles. The largest absolute Gasteiger partial charge is 0.381 e. The Morgan fingerprint density at radius 3 is 2.65 bits per heavy atom. The summed E-state index contributed by atoms with van der Waals surface area (Å²) in [6, 6.07) is 8.18. The first kappa shape index (κ1) is 17.9. The van der Waals surface area contributed by atoms with E-state index in [1.54, 1.807) is 0 Å². The van der Waals surface area contributed by atoms with E-state index in [2.05, 4.69) is 9.88 Å². The second-order valence-electron chi connectivity index (χ2n) is 6.78. The smallest absolute Gasteiger partial charge is 0.283 e. The molecule has 1 aromatic heterocycles. The number of rotatable bonds is 5. The van der Waals surface area contributed by atoms with Crippen LogP contribution in [0.25, 0.3) is 10.2 Å². The Labute approximate surface area is 157 Å². The maximum absolute atomic E-state index is 13.3. The molecule has 140 valence electrons. The molecule has 3 heterocycles. The van der Waals surface area contributed by atoms with Gasteiger partial charge in [0, 0.05) is 45.4 Å². The number of thiazole rings is 1. The third-order valence-electron chi connectivity index (χ3n) is 5.13. The third kappa shape index (κ3) is 4.06. The van der Waals surface area contributed by atoms with Crippen LogP contribution in [0.2, 0.25) is 0 Å². The monoisotopic (exact) mass is 375 g/mol. The first-order valence-corrected chi connectivity index (χ1v) is 10.2. The number of amides is 1. The van der Waals surface area contributed by atoms with Crippen LogP contribution in [-0.4, -0.2) is 79.3 Å². The molecule has 0 atom stereocenters. The molecule has 2 aromatic rings. The molecule has 0 spiro atoms. The van der Waals surface area contributed by atoms with Crippen molar-refractivity contribution < 1.29 is 14.3 Å². The molecule has 0 N–H and O–H groups in total. The molecule has 2 fully saturated rings. The Bertz CT molecular complexity index is 705. The predicted molar refractivity (Wildman–Crippen MR) is 102 cm³/mol. The Morgan fingerprint density at radius 2 is 1.88 bits per heavy atom. The van der Waals surface area contributed by atoms with E-state index in [1.165, 1.54) is 11.3 Å². The minimum absolute atomic E-state index is 0.0614. The first-order valence-electron chi connectivity index (χ1n) is 9.35. The Hall–Kier alpha value is -1.54. The van der Waals surface area contributed by atoms with Crippen LogP contribution < -0.4 is 0 Å². The highest BCUT2D eigenvalue weighted by Gasteiger charge is 2.29. The normalized spacial score (nSPS) is 19.7. The van der Waals surface area contributed by atoms with Crippen molar-refractivity contribution in [3.63, 3.8) is 0 Å². The number of fused-ring (bicyclic) bond motifs is 1. The Balaban J connectivity index is 1.51. The van der Waals surface area contributed by atoms with Gasteiger partial charge in [-0.15, -0.1) is 11.3 Å². The Kier molecular flexibility index (Phi) is 5.79. The van der Waals surface area contributed by atoms with E-state index in [0.29, 0.717) is 5.01 Å². The number of hydrogen-bond acceptors (Lipinski definition) is 6. The molecule has 4 rings (SSSR count). The van der Waals surface area contributed by atoms with E-state index in [9.17, 15) is 4.79 Å². The van der Waals surface area contributed by atoms with Crippen LogP contribution in [0.15, 0.2) is 24.3 Å². The molecule has 1 amide bonds. The molecule has 2 aliphatic heterocycles. The lowest BCUT2D eigenvalue weighted by Crippen LogP contribution is -2.48. The zero-order valence-corrected chi connectivity index (χ0v) is 15.7. The summed E-state index contributed by atoms with van der Waals surface area (Å²) in [5.41, 5.74) is 0.904. The number of hydrogen-bond donors (Lipinski definition) is 0. The van der Waals surface area contributed by atoms with E-state index in [1.807, 2.05) is 29.2 Å². The molecule has 0 bridgehead atoms. The summed E-state index contributed by atoms with van der Waals surface area (Å²) in [5, 5.41) is 0.597. The molecule has 7 heteroatoms. The summed E-state index contributed by atoms with van der Waals surface area (Å²) >= 11 is 1.49. The molecule has 2 saturated heterocycles. The van der Waals surface area contributed by atoms with Gasteiger partial charge in [0.2, 0.25) is 0 Å². The van der Waals surface area contributed by atoms with Gasteiger partial charge in [0.05, 0.1) is 23.4 Å². The zero-order chi connectivity index (χ0) is 17.8. The maximum Gasteiger partial charge on any atom is 0.283 e. The van der Waals surface area contributed by atoms with Gasteiger partial charge in [0.1, 0.15) is 0 Å². The minimum atomic E-state index is 0.0614. The number of aromatic nitrogens is 1. The second kappa shape index (κ2) is 8.43. The average molecular weight is 375 g/mol. The van der Waals surface area contributed by atoms with Crippen LogP contribution in [0.1, 0.15) is 22.6 Å². The molecule has 0 saturated carbocycles. The number of carbonyl (C=O) groups is 1. The fraction of sp³-hybridized carbons (Fsp3) is 0.579. The Morgan fingerprint density at radius 1 is 1.15 bits per heavy atom. The van der Waals surface area contributed by atoms with Gasteiger partial charge in [0.15, 0.2) is 5.01 Å². The summed E-state index contributed by atoms with van der Waals surface area (Å²) in [5.74, 6) is 0.0614. The van der Waals surface area contributed by atoms with Crippen molar-refractivity contribution >= 4 is 27.5 Å². The molecule has 6 nitrogen and oxygen atoms in total. The van der Waals surface area contributed by atoms with Crippen molar-refractivity contribution in [2.24, 2.45) is 0 Å². The lowest BCUT2D eigenvalue weighted by molar-refractivity contribution is 0.0141. The van der Waals surface area contributed by atoms with Gasteiger partial charge in [-0.1, -0.05) is 12.1 Å². The highest BCUT2D eigenvalue weighted by molar-refractivity contribution is 7.20. The molecule has 0 unspecified atom stereocenters.